The van der Waals surface area contributed by atoms with Gasteiger partial charge in [0.05, 0.1) is 0 Å². The fourth-order valence-electron chi connectivity index (χ4n) is 2.35. The molecule has 3 aromatic rings. The van der Waals surface area contributed by atoms with Crippen molar-refractivity contribution in [1.82, 2.24) is 0 Å². The van der Waals surface area contributed by atoms with Crippen molar-refractivity contribution < 1.29 is 4.74 Å². The number of benzene rings is 3. The Bertz CT molecular complexity index is 745. The largest absolute Gasteiger partial charge is 0.457 e. The second-order valence-corrected chi connectivity index (χ2v) is 5.21. The number of hydrogen-bond donors (Lipinski definition) is 0. The summed E-state index contributed by atoms with van der Waals surface area (Å²) >= 11 is 0. The summed E-state index contributed by atoms with van der Waals surface area (Å²) in [6.45, 7) is 4.21. The molecule has 0 amide bonds. The lowest BCUT2D eigenvalue weighted by atomic mass is 10.00. The van der Waals surface area contributed by atoms with E-state index in [1.807, 2.05) is 54.6 Å². The molecule has 0 radical (unpaired) electrons. The van der Waals surface area contributed by atoms with E-state index in [2.05, 4.69) is 36.9 Å². The van der Waals surface area contributed by atoms with Crippen molar-refractivity contribution in [1.29, 1.82) is 0 Å². The molecule has 0 fully saturated rings. The molecular weight excluding hydrogens is 268 g/mol. The highest BCUT2D eigenvalue weighted by atomic mass is 16.5. The normalized spacial score (nSPS) is 10.2. The molecule has 3 aromatic carbocycles. The van der Waals surface area contributed by atoms with E-state index in [-0.39, 0.29) is 0 Å². The van der Waals surface area contributed by atoms with Crippen LogP contribution in [-0.2, 0) is 6.42 Å². The third-order valence-electron chi connectivity index (χ3n) is 3.48. The van der Waals surface area contributed by atoms with E-state index < -0.39 is 0 Å². The lowest BCUT2D eigenvalue weighted by Crippen LogP contribution is -1.90. The molecule has 108 valence electrons. The number of para-hydroxylation sites is 1. The molecule has 22 heavy (non-hydrogen) atoms. The van der Waals surface area contributed by atoms with Gasteiger partial charge in [-0.05, 0) is 47.4 Å². The Labute approximate surface area is 131 Å². The van der Waals surface area contributed by atoms with Gasteiger partial charge in [-0.3, -0.25) is 0 Å². The predicted molar refractivity (Wildman–Crippen MR) is 92.1 cm³/mol. The van der Waals surface area contributed by atoms with Crippen LogP contribution in [0, 0.1) is 0 Å². The Hall–Kier alpha value is -2.80. The Morgan fingerprint density at radius 3 is 2.09 bits per heavy atom. The molecule has 0 saturated carbocycles. The average molecular weight is 286 g/mol. The summed E-state index contributed by atoms with van der Waals surface area (Å²) in [6.07, 6.45) is 0.843. The van der Waals surface area contributed by atoms with Crippen molar-refractivity contribution >= 4 is 5.57 Å². The van der Waals surface area contributed by atoms with Gasteiger partial charge in [-0.1, -0.05) is 67.2 Å². The zero-order valence-electron chi connectivity index (χ0n) is 12.4. The maximum Gasteiger partial charge on any atom is 0.128 e. The average Bonchev–Trinajstić information content (AvgIpc) is 2.57. The monoisotopic (exact) mass is 286 g/mol. The first kappa shape index (κ1) is 14.2. The van der Waals surface area contributed by atoms with Gasteiger partial charge >= 0.3 is 0 Å². The Morgan fingerprint density at radius 1 is 0.727 bits per heavy atom. The molecule has 0 spiro atoms. The minimum Gasteiger partial charge on any atom is -0.457 e. The molecule has 0 bridgehead atoms. The van der Waals surface area contributed by atoms with Gasteiger partial charge in [-0.2, -0.15) is 0 Å². The maximum atomic E-state index is 5.88. The van der Waals surface area contributed by atoms with E-state index >= 15 is 0 Å². The molecule has 0 heterocycles. The molecule has 0 aliphatic heterocycles. The van der Waals surface area contributed by atoms with Gasteiger partial charge in [0.2, 0.25) is 0 Å². The Balaban J connectivity index is 1.75. The summed E-state index contributed by atoms with van der Waals surface area (Å²) in [4.78, 5) is 0. The first-order valence-electron chi connectivity index (χ1n) is 7.36. The van der Waals surface area contributed by atoms with Gasteiger partial charge in [0, 0.05) is 0 Å². The third kappa shape index (κ3) is 3.64. The molecule has 3 rings (SSSR count). The standard InChI is InChI=1S/C21H18O/c1-17(15-18-9-4-2-5-10-18)19-11-8-14-21(16-19)22-20-12-6-3-7-13-20/h2-14,16H,1,15H2. The van der Waals surface area contributed by atoms with Crippen LogP contribution in [0.15, 0.2) is 91.5 Å². The van der Waals surface area contributed by atoms with Crippen molar-refractivity contribution in [3.63, 3.8) is 0 Å². The van der Waals surface area contributed by atoms with Crippen LogP contribution in [0.3, 0.4) is 0 Å². The summed E-state index contributed by atoms with van der Waals surface area (Å²) in [6, 6.07) is 28.3. The van der Waals surface area contributed by atoms with Gasteiger partial charge in [-0.25, -0.2) is 0 Å². The third-order valence-corrected chi connectivity index (χ3v) is 3.48. The molecule has 0 unspecified atom stereocenters. The highest BCUT2D eigenvalue weighted by Crippen LogP contribution is 2.25. The summed E-state index contributed by atoms with van der Waals surface area (Å²) in [5.74, 6) is 1.67. The SMILES string of the molecule is C=C(Cc1ccccc1)c1cccc(Oc2ccccc2)c1. The second kappa shape index (κ2) is 6.77. The summed E-state index contributed by atoms with van der Waals surface area (Å²) in [5, 5.41) is 0. The van der Waals surface area contributed by atoms with Crippen molar-refractivity contribution in [2.75, 3.05) is 0 Å². The van der Waals surface area contributed by atoms with Gasteiger partial charge < -0.3 is 4.74 Å². The van der Waals surface area contributed by atoms with Crippen LogP contribution in [0.5, 0.6) is 11.5 Å². The molecule has 0 saturated heterocycles. The van der Waals surface area contributed by atoms with Crippen molar-refractivity contribution in [3.8, 4) is 11.5 Å². The topological polar surface area (TPSA) is 9.23 Å². The van der Waals surface area contributed by atoms with Gasteiger partial charge in [0.25, 0.3) is 0 Å². The number of ether oxygens (including phenoxy) is 1. The Morgan fingerprint density at radius 2 is 1.36 bits per heavy atom. The van der Waals surface area contributed by atoms with Crippen LogP contribution in [-0.4, -0.2) is 0 Å². The van der Waals surface area contributed by atoms with Gasteiger partial charge in [0.1, 0.15) is 11.5 Å². The zero-order chi connectivity index (χ0) is 15.2. The van der Waals surface area contributed by atoms with E-state index in [0.717, 1.165) is 29.1 Å². The van der Waals surface area contributed by atoms with Crippen molar-refractivity contribution in [3.05, 3.63) is 103 Å². The maximum absolute atomic E-state index is 5.88. The second-order valence-electron chi connectivity index (χ2n) is 5.21. The zero-order valence-corrected chi connectivity index (χ0v) is 12.4. The molecule has 1 heteroatoms. The van der Waals surface area contributed by atoms with E-state index in [9.17, 15) is 0 Å². The first-order chi connectivity index (χ1) is 10.8. The molecule has 0 atom stereocenters. The first-order valence-corrected chi connectivity index (χ1v) is 7.36. The Kier molecular flexibility index (Phi) is 4.35. The number of rotatable bonds is 5. The molecule has 0 aliphatic rings. The predicted octanol–water partition coefficient (Wildman–Crippen LogP) is 5.73. The summed E-state index contributed by atoms with van der Waals surface area (Å²) < 4.78 is 5.88. The van der Waals surface area contributed by atoms with Crippen LogP contribution in [0.25, 0.3) is 5.57 Å². The van der Waals surface area contributed by atoms with Gasteiger partial charge in [-0.15, -0.1) is 0 Å². The fourth-order valence-corrected chi connectivity index (χ4v) is 2.35. The van der Waals surface area contributed by atoms with Crippen LogP contribution >= 0.6 is 0 Å². The number of allylic oxidation sites excluding steroid dienone is 1. The summed E-state index contributed by atoms with van der Waals surface area (Å²) in [7, 11) is 0. The smallest absolute Gasteiger partial charge is 0.128 e. The summed E-state index contributed by atoms with van der Waals surface area (Å²) in [5.41, 5.74) is 3.46. The van der Waals surface area contributed by atoms with Crippen molar-refractivity contribution in [2.24, 2.45) is 0 Å². The van der Waals surface area contributed by atoms with Crippen LogP contribution in [0.1, 0.15) is 11.1 Å². The van der Waals surface area contributed by atoms with E-state index in [4.69, 9.17) is 4.74 Å². The van der Waals surface area contributed by atoms with Crippen LogP contribution < -0.4 is 4.74 Å². The minimum absolute atomic E-state index is 0.831. The molecule has 0 aliphatic carbocycles. The fraction of sp³-hybridized carbons (Fsp3) is 0.0476. The molecule has 0 N–H and O–H groups in total. The highest BCUT2D eigenvalue weighted by molar-refractivity contribution is 5.66. The highest BCUT2D eigenvalue weighted by Gasteiger charge is 2.03. The van der Waals surface area contributed by atoms with E-state index in [1.54, 1.807) is 0 Å². The molecular formula is C21H18O. The van der Waals surface area contributed by atoms with E-state index in [1.165, 1.54) is 5.56 Å². The molecule has 0 aromatic heterocycles. The number of hydrogen-bond acceptors (Lipinski definition) is 1. The molecule has 1 nitrogen and oxygen atoms in total. The van der Waals surface area contributed by atoms with Crippen LogP contribution in [0.2, 0.25) is 0 Å². The van der Waals surface area contributed by atoms with Gasteiger partial charge in [0.15, 0.2) is 0 Å². The van der Waals surface area contributed by atoms with Crippen molar-refractivity contribution in [2.45, 2.75) is 6.42 Å². The lowest BCUT2D eigenvalue weighted by Gasteiger charge is -2.10. The lowest BCUT2D eigenvalue weighted by molar-refractivity contribution is 0.482. The quantitative estimate of drug-likeness (QED) is 0.581. The van der Waals surface area contributed by atoms with Crippen LogP contribution in [0.4, 0.5) is 0 Å². The van der Waals surface area contributed by atoms with E-state index in [0.29, 0.717) is 0 Å². The minimum atomic E-state index is 0.831.